The quantitative estimate of drug-likeness (QED) is 0.541. The van der Waals surface area contributed by atoms with Gasteiger partial charge >= 0.3 is 0 Å². The van der Waals surface area contributed by atoms with Crippen molar-refractivity contribution in [2.24, 2.45) is 0 Å². The van der Waals surface area contributed by atoms with Crippen molar-refractivity contribution in [2.75, 3.05) is 16.0 Å². The van der Waals surface area contributed by atoms with Crippen molar-refractivity contribution in [1.29, 1.82) is 0 Å². The van der Waals surface area contributed by atoms with Crippen molar-refractivity contribution in [3.05, 3.63) is 66.0 Å². The van der Waals surface area contributed by atoms with Crippen LogP contribution in [-0.2, 0) is 4.79 Å². The average Bonchev–Trinajstić information content (AvgIpc) is 2.63. The van der Waals surface area contributed by atoms with Crippen molar-refractivity contribution < 1.29 is 4.79 Å². The van der Waals surface area contributed by atoms with Gasteiger partial charge in [-0.25, -0.2) is 9.97 Å². The summed E-state index contributed by atoms with van der Waals surface area (Å²) in [5, 5.41) is 9.46. The zero-order valence-electron chi connectivity index (χ0n) is 16.6. The SMILES string of the molecule is CC(=O)Nc1cccc(Nc2cc(Nc3c(C)cccc3C(C)C)ncn2)c1. The molecule has 6 heteroatoms. The van der Waals surface area contributed by atoms with Gasteiger partial charge in [0.1, 0.15) is 18.0 Å². The van der Waals surface area contributed by atoms with Gasteiger partial charge in [-0.2, -0.15) is 0 Å². The number of nitrogens with one attached hydrogen (secondary N) is 3. The van der Waals surface area contributed by atoms with E-state index >= 15 is 0 Å². The Hall–Kier alpha value is -3.41. The number of hydrogen-bond acceptors (Lipinski definition) is 5. The highest BCUT2D eigenvalue weighted by Crippen LogP contribution is 2.30. The Kier molecular flexibility index (Phi) is 5.89. The molecule has 0 aliphatic carbocycles. The molecule has 2 aromatic carbocycles. The van der Waals surface area contributed by atoms with E-state index in [-0.39, 0.29) is 5.91 Å². The van der Waals surface area contributed by atoms with Gasteiger partial charge in [-0.15, -0.1) is 0 Å². The second kappa shape index (κ2) is 8.52. The van der Waals surface area contributed by atoms with E-state index in [0.29, 0.717) is 17.6 Å². The van der Waals surface area contributed by atoms with Crippen LogP contribution in [0.15, 0.2) is 54.9 Å². The molecule has 0 radical (unpaired) electrons. The van der Waals surface area contributed by atoms with Crippen LogP contribution in [0.2, 0.25) is 0 Å². The summed E-state index contributed by atoms with van der Waals surface area (Å²) in [6.45, 7) is 7.92. The molecule has 3 N–H and O–H groups in total. The van der Waals surface area contributed by atoms with Gasteiger partial charge < -0.3 is 16.0 Å². The fourth-order valence-corrected chi connectivity index (χ4v) is 2.99. The molecular formula is C22H25N5O. The lowest BCUT2D eigenvalue weighted by Crippen LogP contribution is -2.06. The number of carbonyl (C=O) groups is 1. The Morgan fingerprint density at radius 3 is 2.32 bits per heavy atom. The van der Waals surface area contributed by atoms with Gasteiger partial charge in [0.05, 0.1) is 0 Å². The Morgan fingerprint density at radius 2 is 1.61 bits per heavy atom. The van der Waals surface area contributed by atoms with Gasteiger partial charge in [0.15, 0.2) is 0 Å². The number of aryl methyl sites for hydroxylation is 1. The van der Waals surface area contributed by atoms with Gasteiger partial charge in [-0.3, -0.25) is 4.79 Å². The summed E-state index contributed by atoms with van der Waals surface area (Å²) in [6.07, 6.45) is 1.52. The summed E-state index contributed by atoms with van der Waals surface area (Å²) in [7, 11) is 0. The molecule has 3 rings (SSSR count). The minimum Gasteiger partial charge on any atom is -0.340 e. The van der Waals surface area contributed by atoms with Crippen LogP contribution in [0.4, 0.5) is 28.7 Å². The molecule has 0 saturated carbocycles. The topological polar surface area (TPSA) is 78.9 Å². The average molecular weight is 375 g/mol. The van der Waals surface area contributed by atoms with E-state index in [9.17, 15) is 4.79 Å². The zero-order chi connectivity index (χ0) is 20.1. The molecule has 0 aliphatic heterocycles. The lowest BCUT2D eigenvalue weighted by Gasteiger charge is -2.17. The first-order chi connectivity index (χ1) is 13.4. The molecule has 0 unspecified atom stereocenters. The molecule has 1 aromatic heterocycles. The molecule has 0 saturated heterocycles. The third-order valence-corrected chi connectivity index (χ3v) is 4.30. The number of anilines is 5. The molecule has 0 bridgehead atoms. The first-order valence-electron chi connectivity index (χ1n) is 9.25. The Bertz CT molecular complexity index is 984. The maximum atomic E-state index is 11.2. The first kappa shape index (κ1) is 19.4. The maximum absolute atomic E-state index is 11.2. The lowest BCUT2D eigenvalue weighted by atomic mass is 9.98. The van der Waals surface area contributed by atoms with Crippen LogP contribution in [0.25, 0.3) is 0 Å². The zero-order valence-corrected chi connectivity index (χ0v) is 16.6. The molecule has 3 aromatic rings. The number of benzene rings is 2. The van der Waals surface area contributed by atoms with Crippen molar-refractivity contribution in [1.82, 2.24) is 9.97 Å². The molecule has 6 nitrogen and oxygen atoms in total. The highest BCUT2D eigenvalue weighted by Gasteiger charge is 2.10. The number of hydrogen-bond donors (Lipinski definition) is 3. The Labute approximate surface area is 165 Å². The Balaban J connectivity index is 1.81. The van der Waals surface area contributed by atoms with Crippen LogP contribution < -0.4 is 16.0 Å². The van der Waals surface area contributed by atoms with Crippen LogP contribution in [0.3, 0.4) is 0 Å². The van der Waals surface area contributed by atoms with Crippen LogP contribution in [-0.4, -0.2) is 15.9 Å². The van der Waals surface area contributed by atoms with E-state index in [1.807, 2.05) is 30.3 Å². The number of carbonyl (C=O) groups excluding carboxylic acids is 1. The monoisotopic (exact) mass is 375 g/mol. The molecule has 28 heavy (non-hydrogen) atoms. The summed E-state index contributed by atoms with van der Waals surface area (Å²) in [5.41, 5.74) is 5.05. The normalized spacial score (nSPS) is 10.6. The van der Waals surface area contributed by atoms with Crippen molar-refractivity contribution in [3.63, 3.8) is 0 Å². The second-order valence-electron chi connectivity index (χ2n) is 6.99. The molecule has 0 spiro atoms. The van der Waals surface area contributed by atoms with E-state index in [0.717, 1.165) is 17.1 Å². The van der Waals surface area contributed by atoms with E-state index in [1.165, 1.54) is 24.4 Å². The smallest absolute Gasteiger partial charge is 0.221 e. The van der Waals surface area contributed by atoms with Crippen LogP contribution in [0, 0.1) is 6.92 Å². The van der Waals surface area contributed by atoms with Crippen molar-refractivity contribution >= 4 is 34.6 Å². The van der Waals surface area contributed by atoms with E-state index in [2.05, 4.69) is 64.9 Å². The Morgan fingerprint density at radius 1 is 0.929 bits per heavy atom. The minimum atomic E-state index is -0.107. The summed E-state index contributed by atoms with van der Waals surface area (Å²) in [5.74, 6) is 1.67. The minimum absolute atomic E-state index is 0.107. The van der Waals surface area contributed by atoms with Gasteiger partial charge in [0.25, 0.3) is 0 Å². The summed E-state index contributed by atoms with van der Waals surface area (Å²) >= 11 is 0. The van der Waals surface area contributed by atoms with Crippen LogP contribution >= 0.6 is 0 Å². The molecule has 0 fully saturated rings. The first-order valence-corrected chi connectivity index (χ1v) is 9.25. The van der Waals surface area contributed by atoms with Crippen molar-refractivity contribution in [2.45, 2.75) is 33.6 Å². The third-order valence-electron chi connectivity index (χ3n) is 4.30. The van der Waals surface area contributed by atoms with Gasteiger partial charge in [-0.05, 0) is 42.2 Å². The number of rotatable bonds is 6. The van der Waals surface area contributed by atoms with Crippen molar-refractivity contribution in [3.8, 4) is 0 Å². The second-order valence-corrected chi connectivity index (χ2v) is 6.99. The molecule has 0 aliphatic rings. The number of para-hydroxylation sites is 1. The number of aromatic nitrogens is 2. The molecule has 0 atom stereocenters. The number of nitrogens with zero attached hydrogens (tertiary/aromatic N) is 2. The van der Waals surface area contributed by atoms with E-state index in [1.54, 1.807) is 0 Å². The standard InChI is InChI=1S/C22H25N5O/c1-14(2)19-10-5-7-15(3)22(19)27-21-12-20(23-13-24-21)26-18-9-6-8-17(11-18)25-16(4)28/h5-14H,1-4H3,(H,25,28)(H2,23,24,26,27). The van der Waals surface area contributed by atoms with Gasteiger partial charge in [-0.1, -0.05) is 38.1 Å². The largest absolute Gasteiger partial charge is 0.340 e. The van der Waals surface area contributed by atoms with Gasteiger partial charge in [0, 0.05) is 30.1 Å². The van der Waals surface area contributed by atoms with Crippen LogP contribution in [0.1, 0.15) is 37.8 Å². The van der Waals surface area contributed by atoms with Gasteiger partial charge in [0.2, 0.25) is 5.91 Å². The predicted octanol–water partition coefficient (Wildman–Crippen LogP) is 5.35. The number of amides is 1. The summed E-state index contributed by atoms with van der Waals surface area (Å²) < 4.78 is 0. The van der Waals surface area contributed by atoms with Crippen LogP contribution in [0.5, 0.6) is 0 Å². The fraction of sp³-hybridized carbons (Fsp3) is 0.227. The molecule has 1 amide bonds. The molecular weight excluding hydrogens is 350 g/mol. The molecule has 144 valence electrons. The van der Waals surface area contributed by atoms with E-state index in [4.69, 9.17) is 0 Å². The lowest BCUT2D eigenvalue weighted by molar-refractivity contribution is -0.114. The molecule has 1 heterocycles. The van der Waals surface area contributed by atoms with E-state index < -0.39 is 0 Å². The maximum Gasteiger partial charge on any atom is 0.221 e. The third kappa shape index (κ3) is 4.85. The highest BCUT2D eigenvalue weighted by molar-refractivity contribution is 5.89. The summed E-state index contributed by atoms with van der Waals surface area (Å²) in [6, 6.07) is 15.6. The fourth-order valence-electron chi connectivity index (χ4n) is 2.99. The summed E-state index contributed by atoms with van der Waals surface area (Å²) in [4.78, 5) is 19.9. The highest BCUT2D eigenvalue weighted by atomic mass is 16.1. The predicted molar refractivity (Wildman–Crippen MR) is 115 cm³/mol.